The van der Waals surface area contributed by atoms with Gasteiger partial charge in [0.15, 0.2) is 0 Å². The third kappa shape index (κ3) is 3.10. The number of carbonyl (C=O) groups is 1. The van der Waals surface area contributed by atoms with Crippen LogP contribution in [0.4, 0.5) is 14.3 Å². The zero-order valence-corrected chi connectivity index (χ0v) is 15.4. The van der Waals surface area contributed by atoms with Crippen LogP contribution >= 0.6 is 11.3 Å². The number of imidazole rings is 1. The molecule has 3 aromatic rings. The smallest absolute Gasteiger partial charge is 0.319 e. The minimum Gasteiger partial charge on any atom is -0.343 e. The number of urea groups is 1. The molecule has 0 bridgehead atoms. The summed E-state index contributed by atoms with van der Waals surface area (Å²) in [4.78, 5) is 23.0. The molecular formula is C17H19FN6OS. The van der Waals surface area contributed by atoms with E-state index in [1.165, 1.54) is 23.5 Å². The van der Waals surface area contributed by atoms with Crippen molar-refractivity contribution < 1.29 is 9.18 Å². The van der Waals surface area contributed by atoms with Crippen molar-refractivity contribution in [3.05, 3.63) is 36.3 Å². The van der Waals surface area contributed by atoms with E-state index in [-0.39, 0.29) is 11.8 Å². The summed E-state index contributed by atoms with van der Waals surface area (Å²) in [6, 6.07) is 6.32. The fraction of sp³-hybridized carbons (Fsp3) is 0.353. The van der Waals surface area contributed by atoms with Gasteiger partial charge in [-0.05, 0) is 24.3 Å². The lowest BCUT2D eigenvalue weighted by Crippen LogP contribution is -2.51. The molecule has 2 amide bonds. The molecule has 1 saturated heterocycles. The maximum atomic E-state index is 13.1. The van der Waals surface area contributed by atoms with Crippen LogP contribution in [0.3, 0.4) is 0 Å². The van der Waals surface area contributed by atoms with Gasteiger partial charge in [0.05, 0.1) is 11.9 Å². The summed E-state index contributed by atoms with van der Waals surface area (Å²) in [6.07, 6.45) is 1.86. The average Bonchev–Trinajstić information content (AvgIpc) is 3.21. The second-order valence-electron chi connectivity index (χ2n) is 6.40. The van der Waals surface area contributed by atoms with Gasteiger partial charge in [0.1, 0.15) is 5.82 Å². The first-order valence-electron chi connectivity index (χ1n) is 8.34. The first kappa shape index (κ1) is 16.8. The molecule has 0 radical (unpaired) electrons. The number of nitrogens with zero attached hydrogens (tertiary/aromatic N) is 6. The Morgan fingerprint density at radius 2 is 1.85 bits per heavy atom. The number of anilines is 1. The van der Waals surface area contributed by atoms with Gasteiger partial charge in [0.25, 0.3) is 0 Å². The number of aromatic nitrogens is 3. The van der Waals surface area contributed by atoms with Crippen LogP contribution in [0.5, 0.6) is 0 Å². The van der Waals surface area contributed by atoms with E-state index in [9.17, 15) is 9.18 Å². The van der Waals surface area contributed by atoms with E-state index in [1.54, 1.807) is 35.6 Å². The minimum absolute atomic E-state index is 0.0440. The van der Waals surface area contributed by atoms with Crippen LogP contribution in [0.25, 0.3) is 16.2 Å². The highest BCUT2D eigenvalue weighted by atomic mass is 32.1. The number of hydrogen-bond acceptors (Lipinski definition) is 5. The summed E-state index contributed by atoms with van der Waals surface area (Å²) >= 11 is 1.52. The Morgan fingerprint density at radius 1 is 1.15 bits per heavy atom. The second kappa shape index (κ2) is 6.56. The van der Waals surface area contributed by atoms with E-state index in [0.717, 1.165) is 34.4 Å². The predicted octanol–water partition coefficient (Wildman–Crippen LogP) is 2.40. The molecular weight excluding hydrogens is 355 g/mol. The van der Waals surface area contributed by atoms with Crippen LogP contribution in [0.15, 0.2) is 30.5 Å². The lowest BCUT2D eigenvalue weighted by Gasteiger charge is -2.35. The molecule has 4 rings (SSSR count). The first-order valence-corrected chi connectivity index (χ1v) is 9.16. The zero-order chi connectivity index (χ0) is 18.3. The van der Waals surface area contributed by atoms with E-state index in [4.69, 9.17) is 0 Å². The van der Waals surface area contributed by atoms with Crippen molar-refractivity contribution in [2.75, 3.05) is 45.2 Å². The molecule has 1 aliphatic heterocycles. The van der Waals surface area contributed by atoms with Crippen LogP contribution in [0.2, 0.25) is 0 Å². The van der Waals surface area contributed by atoms with Crippen molar-refractivity contribution in [1.82, 2.24) is 24.4 Å². The highest BCUT2D eigenvalue weighted by Crippen LogP contribution is 2.27. The van der Waals surface area contributed by atoms with Gasteiger partial charge in [-0.15, -0.1) is 5.10 Å². The number of hydrogen-bond donors (Lipinski definition) is 0. The number of fused-ring (bicyclic) bond motifs is 1. The summed E-state index contributed by atoms with van der Waals surface area (Å²) in [5.41, 5.74) is 1.64. The maximum Gasteiger partial charge on any atom is 0.319 e. The van der Waals surface area contributed by atoms with E-state index in [0.29, 0.717) is 13.1 Å². The van der Waals surface area contributed by atoms with E-state index >= 15 is 0 Å². The van der Waals surface area contributed by atoms with Crippen LogP contribution in [-0.2, 0) is 0 Å². The molecule has 3 heterocycles. The van der Waals surface area contributed by atoms with Crippen LogP contribution in [0.1, 0.15) is 0 Å². The Bertz CT molecular complexity index is 895. The van der Waals surface area contributed by atoms with Crippen molar-refractivity contribution >= 4 is 27.5 Å². The van der Waals surface area contributed by atoms with Gasteiger partial charge >= 0.3 is 6.03 Å². The molecule has 136 valence electrons. The molecule has 0 aliphatic carbocycles. The Kier molecular flexibility index (Phi) is 4.23. The molecule has 9 heteroatoms. The summed E-state index contributed by atoms with van der Waals surface area (Å²) in [7, 11) is 3.53. The molecule has 0 atom stereocenters. The van der Waals surface area contributed by atoms with Crippen molar-refractivity contribution in [3.8, 4) is 11.3 Å². The fourth-order valence-corrected chi connectivity index (χ4v) is 3.88. The Balaban J connectivity index is 1.48. The highest BCUT2D eigenvalue weighted by Gasteiger charge is 2.24. The van der Waals surface area contributed by atoms with Crippen molar-refractivity contribution in [2.24, 2.45) is 0 Å². The van der Waals surface area contributed by atoms with Crippen molar-refractivity contribution in [3.63, 3.8) is 0 Å². The largest absolute Gasteiger partial charge is 0.343 e. The second-order valence-corrected chi connectivity index (χ2v) is 7.33. The molecule has 26 heavy (non-hydrogen) atoms. The Labute approximate surface area is 154 Å². The summed E-state index contributed by atoms with van der Waals surface area (Å²) in [5.74, 6) is -0.262. The number of piperazine rings is 1. The third-order valence-corrected chi connectivity index (χ3v) is 5.36. The first-order chi connectivity index (χ1) is 12.5. The monoisotopic (exact) mass is 374 g/mol. The Morgan fingerprint density at radius 3 is 2.46 bits per heavy atom. The van der Waals surface area contributed by atoms with Gasteiger partial charge < -0.3 is 14.7 Å². The van der Waals surface area contributed by atoms with Gasteiger partial charge in [0, 0.05) is 45.8 Å². The topological polar surface area (TPSA) is 57.0 Å². The molecule has 0 unspecified atom stereocenters. The quantitative estimate of drug-likeness (QED) is 0.691. The molecule has 0 spiro atoms. The lowest BCUT2D eigenvalue weighted by molar-refractivity contribution is 0.168. The molecule has 7 nitrogen and oxygen atoms in total. The minimum atomic E-state index is -0.262. The van der Waals surface area contributed by atoms with Gasteiger partial charge in [-0.1, -0.05) is 11.3 Å². The van der Waals surface area contributed by atoms with Crippen LogP contribution in [0, 0.1) is 5.82 Å². The molecule has 1 fully saturated rings. The fourth-order valence-electron chi connectivity index (χ4n) is 2.95. The van der Waals surface area contributed by atoms with Crippen LogP contribution in [-0.4, -0.2) is 70.7 Å². The maximum absolute atomic E-state index is 13.1. The van der Waals surface area contributed by atoms with Crippen LogP contribution < -0.4 is 4.90 Å². The van der Waals surface area contributed by atoms with E-state index in [2.05, 4.69) is 15.0 Å². The van der Waals surface area contributed by atoms with Gasteiger partial charge in [-0.3, -0.25) is 0 Å². The standard InChI is InChI=1S/C17H19FN6OS/c1-21(2)17(25)23-9-7-22(8-10-23)16-20-24-11-14(19-15(24)26-16)12-3-5-13(18)6-4-12/h3-6,11H,7-10H2,1-2H3. The van der Waals surface area contributed by atoms with Gasteiger partial charge in [0.2, 0.25) is 10.1 Å². The third-order valence-electron chi connectivity index (χ3n) is 4.38. The number of amides is 2. The number of rotatable bonds is 2. The van der Waals surface area contributed by atoms with E-state index in [1.807, 2.05) is 11.1 Å². The predicted molar refractivity (Wildman–Crippen MR) is 99.1 cm³/mol. The molecule has 0 N–H and O–H groups in total. The molecule has 1 aromatic carbocycles. The summed E-state index contributed by atoms with van der Waals surface area (Å²) in [6.45, 7) is 2.86. The highest BCUT2D eigenvalue weighted by molar-refractivity contribution is 7.20. The summed E-state index contributed by atoms with van der Waals surface area (Å²) < 4.78 is 14.8. The average molecular weight is 374 g/mol. The molecule has 0 saturated carbocycles. The Hall–Kier alpha value is -2.68. The molecule has 2 aromatic heterocycles. The lowest BCUT2D eigenvalue weighted by atomic mass is 10.2. The number of carbonyl (C=O) groups excluding carboxylic acids is 1. The van der Waals surface area contributed by atoms with E-state index < -0.39 is 0 Å². The SMILES string of the molecule is CN(C)C(=O)N1CCN(c2nn3cc(-c4ccc(F)cc4)nc3s2)CC1. The van der Waals surface area contributed by atoms with Crippen molar-refractivity contribution in [1.29, 1.82) is 0 Å². The number of halogens is 1. The molecule has 1 aliphatic rings. The van der Waals surface area contributed by atoms with Gasteiger partial charge in [-0.25, -0.2) is 18.7 Å². The zero-order valence-electron chi connectivity index (χ0n) is 14.6. The number of benzene rings is 1. The summed E-state index contributed by atoms with van der Waals surface area (Å²) in [5, 5.41) is 5.51. The van der Waals surface area contributed by atoms with Crippen molar-refractivity contribution in [2.45, 2.75) is 0 Å². The normalized spacial score (nSPS) is 14.9. The van der Waals surface area contributed by atoms with Gasteiger partial charge in [-0.2, -0.15) is 0 Å².